The van der Waals surface area contributed by atoms with E-state index in [0.29, 0.717) is 22.6 Å². The summed E-state index contributed by atoms with van der Waals surface area (Å²) >= 11 is 1.91. The van der Waals surface area contributed by atoms with Crippen molar-refractivity contribution in [1.29, 1.82) is 0 Å². The molecule has 0 spiro atoms. The third-order valence-corrected chi connectivity index (χ3v) is 4.84. The number of nitrogen functional groups attached to an aromatic ring is 1. The maximum atomic E-state index is 5.38. The van der Waals surface area contributed by atoms with Crippen molar-refractivity contribution in [3.63, 3.8) is 0 Å². The quantitative estimate of drug-likeness (QED) is 0.524. The normalized spacial score (nSPS) is 16.6. The lowest BCUT2D eigenvalue weighted by atomic mass is 9.84. The van der Waals surface area contributed by atoms with E-state index in [9.17, 15) is 0 Å². The van der Waals surface area contributed by atoms with Crippen LogP contribution in [0.5, 0.6) is 0 Å². The molecule has 1 heterocycles. The van der Waals surface area contributed by atoms with Crippen molar-refractivity contribution in [2.24, 2.45) is 5.84 Å². The van der Waals surface area contributed by atoms with Gasteiger partial charge in [-0.3, -0.25) is 5.43 Å². The van der Waals surface area contributed by atoms with E-state index in [1.807, 2.05) is 30.8 Å². The standard InChI is InChI=1S/C11H21N7S/c1-18(2)10-15-8(14-9(16-10)17-12)13-7-11(19-3)5-4-6-11/h4-7,12H2,1-3H3,(H2,13,14,15,16,17). The fraction of sp³-hybridized carbons (Fsp3) is 0.727. The van der Waals surface area contributed by atoms with Gasteiger partial charge in [0.1, 0.15) is 0 Å². The van der Waals surface area contributed by atoms with Gasteiger partial charge >= 0.3 is 0 Å². The van der Waals surface area contributed by atoms with Gasteiger partial charge in [-0.1, -0.05) is 6.42 Å². The van der Waals surface area contributed by atoms with Crippen LogP contribution in [0, 0.1) is 0 Å². The van der Waals surface area contributed by atoms with Gasteiger partial charge in [0.2, 0.25) is 17.8 Å². The molecule has 0 saturated heterocycles. The molecule has 1 aliphatic carbocycles. The predicted molar refractivity (Wildman–Crippen MR) is 80.6 cm³/mol. The minimum atomic E-state index is 0.335. The Bertz CT molecular complexity index is 428. The highest BCUT2D eigenvalue weighted by Crippen LogP contribution is 2.42. The number of nitrogens with one attached hydrogen (secondary N) is 2. The Morgan fingerprint density at radius 2 is 1.95 bits per heavy atom. The number of aromatic nitrogens is 3. The number of nitrogens with zero attached hydrogens (tertiary/aromatic N) is 4. The van der Waals surface area contributed by atoms with Crippen LogP contribution in [0.25, 0.3) is 0 Å². The Balaban J connectivity index is 2.08. The average molecular weight is 283 g/mol. The average Bonchev–Trinajstić information content (AvgIpc) is 2.37. The van der Waals surface area contributed by atoms with E-state index in [0.717, 1.165) is 6.54 Å². The van der Waals surface area contributed by atoms with Crippen LogP contribution in [0.15, 0.2) is 0 Å². The van der Waals surface area contributed by atoms with Crippen molar-refractivity contribution in [1.82, 2.24) is 15.0 Å². The molecule has 8 heteroatoms. The van der Waals surface area contributed by atoms with E-state index in [-0.39, 0.29) is 0 Å². The molecular formula is C11H21N7S. The Morgan fingerprint density at radius 3 is 2.42 bits per heavy atom. The molecule has 1 aromatic heterocycles. The van der Waals surface area contributed by atoms with E-state index >= 15 is 0 Å². The number of nitrogens with two attached hydrogens (primary N) is 1. The molecule has 4 N–H and O–H groups in total. The van der Waals surface area contributed by atoms with Gasteiger partial charge in [0.05, 0.1) is 0 Å². The molecule has 0 aromatic carbocycles. The molecule has 7 nitrogen and oxygen atoms in total. The molecule has 0 atom stereocenters. The summed E-state index contributed by atoms with van der Waals surface area (Å²) in [5, 5.41) is 3.30. The second kappa shape index (κ2) is 5.79. The van der Waals surface area contributed by atoms with Gasteiger partial charge in [-0.2, -0.15) is 26.7 Å². The maximum Gasteiger partial charge on any atom is 0.243 e. The van der Waals surface area contributed by atoms with E-state index in [1.165, 1.54) is 19.3 Å². The number of hydrogen-bond acceptors (Lipinski definition) is 8. The van der Waals surface area contributed by atoms with E-state index in [1.54, 1.807) is 0 Å². The summed E-state index contributed by atoms with van der Waals surface area (Å²) in [5.41, 5.74) is 2.47. The minimum absolute atomic E-state index is 0.335. The number of thioether (sulfide) groups is 1. The molecule has 1 aromatic rings. The third-order valence-electron chi connectivity index (χ3n) is 3.42. The van der Waals surface area contributed by atoms with Gasteiger partial charge in [0, 0.05) is 25.4 Å². The summed E-state index contributed by atoms with van der Waals surface area (Å²) in [7, 11) is 3.77. The lowest BCUT2D eigenvalue weighted by molar-refractivity contribution is 0.379. The number of hydrogen-bond donors (Lipinski definition) is 3. The lowest BCUT2D eigenvalue weighted by Gasteiger charge is -2.40. The molecule has 1 aliphatic rings. The fourth-order valence-electron chi connectivity index (χ4n) is 1.97. The second-order valence-electron chi connectivity index (χ2n) is 4.92. The Morgan fingerprint density at radius 1 is 1.26 bits per heavy atom. The van der Waals surface area contributed by atoms with Crippen molar-refractivity contribution in [3.8, 4) is 0 Å². The van der Waals surface area contributed by atoms with Crippen LogP contribution in [-0.4, -0.2) is 46.6 Å². The first-order valence-corrected chi connectivity index (χ1v) is 7.50. The van der Waals surface area contributed by atoms with Crippen LogP contribution in [0.1, 0.15) is 19.3 Å². The number of anilines is 3. The highest BCUT2D eigenvalue weighted by molar-refractivity contribution is 8.00. The lowest BCUT2D eigenvalue weighted by Crippen LogP contribution is -2.40. The van der Waals surface area contributed by atoms with Crippen LogP contribution in [-0.2, 0) is 0 Å². The summed E-state index contributed by atoms with van der Waals surface area (Å²) in [6, 6.07) is 0. The molecule has 1 saturated carbocycles. The van der Waals surface area contributed by atoms with Crippen molar-refractivity contribution in [2.75, 3.05) is 42.5 Å². The second-order valence-corrected chi connectivity index (χ2v) is 6.19. The van der Waals surface area contributed by atoms with Crippen molar-refractivity contribution in [3.05, 3.63) is 0 Å². The minimum Gasteiger partial charge on any atom is -0.353 e. The summed E-state index contributed by atoms with van der Waals surface area (Å²) < 4.78 is 0.335. The first-order chi connectivity index (χ1) is 9.08. The Hall–Kier alpha value is -1.28. The van der Waals surface area contributed by atoms with Crippen LogP contribution >= 0.6 is 11.8 Å². The van der Waals surface area contributed by atoms with Gasteiger partial charge in [0.25, 0.3) is 0 Å². The molecule has 0 amide bonds. The monoisotopic (exact) mass is 283 g/mol. The Kier molecular flexibility index (Phi) is 4.31. The van der Waals surface area contributed by atoms with Crippen molar-refractivity contribution >= 4 is 29.6 Å². The number of hydrazine groups is 1. The first-order valence-electron chi connectivity index (χ1n) is 6.27. The van der Waals surface area contributed by atoms with Gasteiger partial charge in [-0.05, 0) is 19.1 Å². The zero-order valence-electron chi connectivity index (χ0n) is 11.6. The molecule has 0 radical (unpaired) electrons. The van der Waals surface area contributed by atoms with Gasteiger partial charge in [-0.25, -0.2) is 5.84 Å². The number of rotatable bonds is 6. The molecule has 2 rings (SSSR count). The van der Waals surface area contributed by atoms with Crippen molar-refractivity contribution in [2.45, 2.75) is 24.0 Å². The largest absolute Gasteiger partial charge is 0.353 e. The molecule has 0 bridgehead atoms. The van der Waals surface area contributed by atoms with Gasteiger partial charge in [0.15, 0.2) is 0 Å². The summed E-state index contributed by atoms with van der Waals surface area (Å²) in [6.45, 7) is 0.870. The molecule has 0 aliphatic heterocycles. The van der Waals surface area contributed by atoms with Crippen LogP contribution in [0.3, 0.4) is 0 Å². The smallest absolute Gasteiger partial charge is 0.243 e. The SMILES string of the molecule is CSC1(CNc2nc(NN)nc(N(C)C)n2)CCC1. The van der Waals surface area contributed by atoms with E-state index < -0.39 is 0 Å². The zero-order valence-corrected chi connectivity index (χ0v) is 12.4. The summed E-state index contributed by atoms with van der Waals surface area (Å²) in [6.07, 6.45) is 5.95. The maximum absolute atomic E-state index is 5.38. The molecule has 19 heavy (non-hydrogen) atoms. The van der Waals surface area contributed by atoms with Crippen molar-refractivity contribution < 1.29 is 0 Å². The topological polar surface area (TPSA) is 92.0 Å². The van der Waals surface area contributed by atoms with E-state index in [2.05, 4.69) is 32.0 Å². The van der Waals surface area contributed by atoms with Crippen LogP contribution in [0.4, 0.5) is 17.8 Å². The fourth-order valence-corrected chi connectivity index (χ4v) is 2.89. The van der Waals surface area contributed by atoms with Gasteiger partial charge in [-0.15, -0.1) is 0 Å². The Labute approximate surface area is 117 Å². The van der Waals surface area contributed by atoms with Crippen LogP contribution < -0.4 is 21.5 Å². The molecular weight excluding hydrogens is 262 g/mol. The highest BCUT2D eigenvalue weighted by Gasteiger charge is 2.36. The highest BCUT2D eigenvalue weighted by atomic mass is 32.2. The van der Waals surface area contributed by atoms with E-state index in [4.69, 9.17) is 5.84 Å². The molecule has 0 unspecified atom stereocenters. The van der Waals surface area contributed by atoms with Crippen LogP contribution in [0.2, 0.25) is 0 Å². The predicted octanol–water partition coefficient (Wildman–Crippen LogP) is 0.921. The zero-order chi connectivity index (χ0) is 13.9. The summed E-state index contributed by atoms with van der Waals surface area (Å²) in [4.78, 5) is 14.6. The van der Waals surface area contributed by atoms with Gasteiger partial charge < -0.3 is 10.2 Å². The molecule has 1 fully saturated rings. The molecule has 106 valence electrons. The summed E-state index contributed by atoms with van der Waals surface area (Å²) in [5.74, 6) is 6.89. The first kappa shape index (κ1) is 14.1. The third kappa shape index (κ3) is 3.19.